The highest BCUT2D eigenvalue weighted by Crippen LogP contribution is 2.34. The molecular weight excluding hydrogens is 417 g/mol. The number of hydrogen-bond acceptors (Lipinski definition) is 7. The Morgan fingerprint density at radius 3 is 2.70 bits per heavy atom. The summed E-state index contributed by atoms with van der Waals surface area (Å²) < 4.78 is 49.9. The topological polar surface area (TPSA) is 117 Å². The third kappa shape index (κ3) is 3.87. The molecule has 4 rings (SSSR count). The van der Waals surface area contributed by atoms with Crippen molar-refractivity contribution < 1.29 is 27.1 Å². The zero-order valence-electron chi connectivity index (χ0n) is 15.2. The van der Waals surface area contributed by atoms with Gasteiger partial charge in [-0.05, 0) is 36.4 Å². The number of aromatic nitrogens is 2. The fourth-order valence-corrected chi connectivity index (χ4v) is 3.97. The molecule has 0 saturated carbocycles. The summed E-state index contributed by atoms with van der Waals surface area (Å²) in [6, 6.07) is 11.2. The van der Waals surface area contributed by atoms with Gasteiger partial charge in [0.2, 0.25) is 22.5 Å². The number of nitrogens with one attached hydrogen (secondary N) is 1. The second kappa shape index (κ2) is 7.59. The van der Waals surface area contributed by atoms with Crippen LogP contribution in [0.15, 0.2) is 69.3 Å². The SMILES string of the molecule is O=C(Cn1nc(S(=O)(=O)c2cccc(F)c2)ccc1=O)Nc1ccc2c(c1)OCO2. The summed E-state index contributed by atoms with van der Waals surface area (Å²) in [6.45, 7) is -0.446. The molecule has 1 aliphatic rings. The lowest BCUT2D eigenvalue weighted by Crippen LogP contribution is -2.30. The second-order valence-corrected chi connectivity index (χ2v) is 8.14. The monoisotopic (exact) mass is 431 g/mol. The summed E-state index contributed by atoms with van der Waals surface area (Å²) in [4.78, 5) is 24.1. The van der Waals surface area contributed by atoms with E-state index in [0.717, 1.165) is 24.3 Å². The van der Waals surface area contributed by atoms with E-state index in [1.807, 2.05) is 0 Å². The van der Waals surface area contributed by atoms with Crippen LogP contribution in [-0.4, -0.2) is 30.9 Å². The van der Waals surface area contributed by atoms with Crippen LogP contribution in [0.1, 0.15) is 0 Å². The fraction of sp³-hybridized carbons (Fsp3) is 0.105. The first-order chi connectivity index (χ1) is 14.3. The van der Waals surface area contributed by atoms with Crippen LogP contribution in [0.3, 0.4) is 0 Å². The minimum atomic E-state index is -4.18. The highest BCUT2D eigenvalue weighted by atomic mass is 32.2. The first-order valence-electron chi connectivity index (χ1n) is 8.61. The summed E-state index contributed by atoms with van der Waals surface area (Å²) in [5.74, 6) is -0.330. The maximum absolute atomic E-state index is 13.4. The predicted molar refractivity (Wildman–Crippen MR) is 102 cm³/mol. The molecule has 0 unspecified atom stereocenters. The van der Waals surface area contributed by atoms with E-state index < -0.39 is 38.7 Å². The number of sulfone groups is 1. The summed E-state index contributed by atoms with van der Waals surface area (Å²) >= 11 is 0. The Kier molecular flexibility index (Phi) is 4.96. The Hall–Kier alpha value is -3.73. The lowest BCUT2D eigenvalue weighted by Gasteiger charge is -2.09. The van der Waals surface area contributed by atoms with Gasteiger partial charge in [-0.2, -0.15) is 5.10 Å². The Bertz CT molecular complexity index is 1310. The van der Waals surface area contributed by atoms with Gasteiger partial charge in [0.1, 0.15) is 12.4 Å². The maximum Gasteiger partial charge on any atom is 0.267 e. The van der Waals surface area contributed by atoms with Crippen molar-refractivity contribution in [1.82, 2.24) is 9.78 Å². The molecule has 1 amide bonds. The molecule has 0 atom stereocenters. The summed E-state index contributed by atoms with van der Waals surface area (Å²) in [5, 5.41) is 5.87. The van der Waals surface area contributed by atoms with Crippen molar-refractivity contribution >= 4 is 21.4 Å². The van der Waals surface area contributed by atoms with Gasteiger partial charge in [-0.25, -0.2) is 17.5 Å². The number of amides is 1. The van der Waals surface area contributed by atoms with Crippen molar-refractivity contribution in [2.75, 3.05) is 12.1 Å². The largest absolute Gasteiger partial charge is 0.454 e. The minimum absolute atomic E-state index is 0.0820. The Morgan fingerprint density at radius 1 is 1.10 bits per heavy atom. The van der Waals surface area contributed by atoms with E-state index >= 15 is 0 Å². The van der Waals surface area contributed by atoms with E-state index in [2.05, 4.69) is 10.4 Å². The quantitative estimate of drug-likeness (QED) is 0.652. The standard InChI is InChI=1S/C19H14FN3O6S/c20-12-2-1-3-14(8-12)30(26,27)18-6-7-19(25)23(22-18)10-17(24)21-13-4-5-15-16(9-13)29-11-28-15/h1-9H,10-11H2,(H,21,24). The molecule has 11 heteroatoms. The van der Waals surface area contributed by atoms with Crippen molar-refractivity contribution in [2.24, 2.45) is 0 Å². The number of ether oxygens (including phenoxy) is 2. The van der Waals surface area contributed by atoms with Crippen LogP contribution in [0.2, 0.25) is 0 Å². The van der Waals surface area contributed by atoms with Gasteiger partial charge in [0.05, 0.1) is 4.90 Å². The molecule has 2 aromatic carbocycles. The number of benzene rings is 2. The molecule has 0 saturated heterocycles. The first kappa shape index (κ1) is 19.6. The minimum Gasteiger partial charge on any atom is -0.454 e. The number of rotatable bonds is 5. The number of fused-ring (bicyclic) bond motifs is 1. The highest BCUT2D eigenvalue weighted by molar-refractivity contribution is 7.91. The van der Waals surface area contributed by atoms with Gasteiger partial charge >= 0.3 is 0 Å². The third-order valence-corrected chi connectivity index (χ3v) is 5.82. The first-order valence-corrected chi connectivity index (χ1v) is 10.1. The third-order valence-electron chi connectivity index (χ3n) is 4.17. The fourth-order valence-electron chi connectivity index (χ4n) is 2.75. The number of anilines is 1. The van der Waals surface area contributed by atoms with Crippen LogP contribution < -0.4 is 20.3 Å². The van der Waals surface area contributed by atoms with Crippen LogP contribution in [0.4, 0.5) is 10.1 Å². The van der Waals surface area contributed by atoms with Crippen LogP contribution in [0.25, 0.3) is 0 Å². The van der Waals surface area contributed by atoms with Crippen LogP contribution in [0, 0.1) is 5.82 Å². The van der Waals surface area contributed by atoms with E-state index in [1.165, 1.54) is 12.1 Å². The highest BCUT2D eigenvalue weighted by Gasteiger charge is 2.22. The van der Waals surface area contributed by atoms with E-state index in [1.54, 1.807) is 18.2 Å². The molecular formula is C19H14FN3O6S. The molecule has 9 nitrogen and oxygen atoms in total. The summed E-state index contributed by atoms with van der Waals surface area (Å²) in [5.41, 5.74) is -0.269. The smallest absolute Gasteiger partial charge is 0.267 e. The molecule has 0 bridgehead atoms. The Morgan fingerprint density at radius 2 is 1.90 bits per heavy atom. The molecule has 154 valence electrons. The molecule has 3 aromatic rings. The molecule has 1 N–H and O–H groups in total. The molecule has 0 aliphatic carbocycles. The van der Waals surface area contributed by atoms with Crippen molar-refractivity contribution in [3.63, 3.8) is 0 Å². The van der Waals surface area contributed by atoms with E-state index in [4.69, 9.17) is 9.47 Å². The van der Waals surface area contributed by atoms with Crippen molar-refractivity contribution in [2.45, 2.75) is 16.5 Å². The predicted octanol–water partition coefficient (Wildman–Crippen LogP) is 1.58. The Labute approximate surface area is 169 Å². The normalized spacial score (nSPS) is 12.6. The average molecular weight is 431 g/mol. The summed E-state index contributed by atoms with van der Waals surface area (Å²) in [6.07, 6.45) is 0. The average Bonchev–Trinajstić information content (AvgIpc) is 3.17. The molecule has 0 radical (unpaired) electrons. The molecule has 30 heavy (non-hydrogen) atoms. The van der Waals surface area contributed by atoms with Gasteiger partial charge in [-0.1, -0.05) is 6.07 Å². The summed E-state index contributed by atoms with van der Waals surface area (Å²) in [7, 11) is -4.18. The van der Waals surface area contributed by atoms with Gasteiger partial charge < -0.3 is 14.8 Å². The van der Waals surface area contributed by atoms with Gasteiger partial charge in [-0.3, -0.25) is 9.59 Å². The zero-order chi connectivity index (χ0) is 21.3. The number of carbonyl (C=O) groups excluding carboxylic acids is 1. The van der Waals surface area contributed by atoms with Gasteiger partial charge in [-0.15, -0.1) is 0 Å². The van der Waals surface area contributed by atoms with E-state index in [9.17, 15) is 22.4 Å². The van der Waals surface area contributed by atoms with E-state index in [-0.39, 0.29) is 11.7 Å². The molecule has 1 aliphatic heterocycles. The molecule has 1 aromatic heterocycles. The van der Waals surface area contributed by atoms with Crippen LogP contribution in [-0.2, 0) is 21.2 Å². The number of halogens is 1. The second-order valence-electron chi connectivity index (χ2n) is 6.24. The zero-order valence-corrected chi connectivity index (χ0v) is 16.1. The lowest BCUT2D eigenvalue weighted by atomic mass is 10.3. The number of hydrogen-bond donors (Lipinski definition) is 1. The number of carbonyl (C=O) groups is 1. The van der Waals surface area contributed by atoms with E-state index in [0.29, 0.717) is 21.9 Å². The molecule has 0 spiro atoms. The van der Waals surface area contributed by atoms with Gasteiger partial charge in [0.15, 0.2) is 16.5 Å². The maximum atomic E-state index is 13.4. The van der Waals surface area contributed by atoms with Crippen LogP contribution in [0.5, 0.6) is 11.5 Å². The van der Waals surface area contributed by atoms with Crippen molar-refractivity contribution in [1.29, 1.82) is 0 Å². The van der Waals surface area contributed by atoms with Crippen molar-refractivity contribution in [3.05, 3.63) is 70.8 Å². The number of nitrogens with zero attached hydrogens (tertiary/aromatic N) is 2. The van der Waals surface area contributed by atoms with Crippen molar-refractivity contribution in [3.8, 4) is 11.5 Å². The Balaban J connectivity index is 1.56. The van der Waals surface area contributed by atoms with Crippen LogP contribution >= 0.6 is 0 Å². The molecule has 2 heterocycles. The van der Waals surface area contributed by atoms with Gasteiger partial charge in [0, 0.05) is 17.8 Å². The lowest BCUT2D eigenvalue weighted by molar-refractivity contribution is -0.117. The van der Waals surface area contributed by atoms with Gasteiger partial charge in [0.25, 0.3) is 5.56 Å². The molecule has 0 fully saturated rings.